The van der Waals surface area contributed by atoms with Crippen molar-refractivity contribution in [3.63, 3.8) is 0 Å². The molecule has 0 N–H and O–H groups in total. The first-order valence-corrected chi connectivity index (χ1v) is 10.3. The summed E-state index contributed by atoms with van der Waals surface area (Å²) in [5, 5.41) is 12.0. The SMILES string of the molecule is Cc1cc(N2CCN(c3nc(C)c(C)s3)CC2)nc(-c2ccc([N+](=O)[O-])cc2)n1. The van der Waals surface area contributed by atoms with Gasteiger partial charge in [0.05, 0.1) is 10.6 Å². The molecule has 8 nitrogen and oxygen atoms in total. The number of benzene rings is 1. The van der Waals surface area contributed by atoms with Crippen molar-refractivity contribution in [2.24, 2.45) is 0 Å². The van der Waals surface area contributed by atoms with Gasteiger partial charge in [-0.3, -0.25) is 10.1 Å². The average molecular weight is 411 g/mol. The van der Waals surface area contributed by atoms with Gasteiger partial charge in [0.1, 0.15) is 5.82 Å². The first-order valence-electron chi connectivity index (χ1n) is 9.45. The maximum Gasteiger partial charge on any atom is 0.269 e. The van der Waals surface area contributed by atoms with Gasteiger partial charge in [-0.25, -0.2) is 15.0 Å². The summed E-state index contributed by atoms with van der Waals surface area (Å²) < 4.78 is 0. The lowest BCUT2D eigenvalue weighted by atomic mass is 10.2. The topological polar surface area (TPSA) is 88.3 Å². The monoisotopic (exact) mass is 410 g/mol. The highest BCUT2D eigenvalue weighted by Crippen LogP contribution is 2.27. The van der Waals surface area contributed by atoms with Crippen LogP contribution in [0.2, 0.25) is 0 Å². The normalized spacial score (nSPS) is 14.3. The third kappa shape index (κ3) is 4.04. The third-order valence-electron chi connectivity index (χ3n) is 5.07. The molecule has 150 valence electrons. The van der Waals surface area contributed by atoms with Gasteiger partial charge in [-0.15, -0.1) is 11.3 Å². The van der Waals surface area contributed by atoms with Crippen molar-refractivity contribution in [1.82, 2.24) is 15.0 Å². The Morgan fingerprint density at radius 3 is 2.21 bits per heavy atom. The van der Waals surface area contributed by atoms with E-state index in [2.05, 4.69) is 33.6 Å². The Bertz CT molecular complexity index is 1020. The molecule has 3 heterocycles. The number of hydrogen-bond acceptors (Lipinski definition) is 8. The molecule has 0 amide bonds. The van der Waals surface area contributed by atoms with Gasteiger partial charge < -0.3 is 9.80 Å². The Balaban J connectivity index is 1.51. The van der Waals surface area contributed by atoms with Gasteiger partial charge in [0.15, 0.2) is 11.0 Å². The molecule has 0 spiro atoms. The van der Waals surface area contributed by atoms with Crippen molar-refractivity contribution in [3.8, 4) is 11.4 Å². The Kier molecular flexibility index (Phi) is 5.14. The van der Waals surface area contributed by atoms with Crippen LogP contribution in [0, 0.1) is 30.9 Å². The molecular weight excluding hydrogens is 388 g/mol. The minimum atomic E-state index is -0.406. The van der Waals surface area contributed by atoms with E-state index in [9.17, 15) is 10.1 Å². The van der Waals surface area contributed by atoms with Crippen LogP contribution in [-0.4, -0.2) is 46.1 Å². The summed E-state index contributed by atoms with van der Waals surface area (Å²) in [5.74, 6) is 1.47. The van der Waals surface area contributed by atoms with Crippen LogP contribution in [0.25, 0.3) is 11.4 Å². The fourth-order valence-corrected chi connectivity index (χ4v) is 4.25. The van der Waals surface area contributed by atoms with Crippen LogP contribution >= 0.6 is 11.3 Å². The highest BCUT2D eigenvalue weighted by Gasteiger charge is 2.22. The van der Waals surface area contributed by atoms with Crippen molar-refractivity contribution in [2.45, 2.75) is 20.8 Å². The number of non-ortho nitro benzene ring substituents is 1. The Morgan fingerprint density at radius 2 is 1.62 bits per heavy atom. The van der Waals surface area contributed by atoms with Gasteiger partial charge in [-0.2, -0.15) is 0 Å². The second kappa shape index (κ2) is 7.75. The molecule has 0 unspecified atom stereocenters. The number of aryl methyl sites for hydroxylation is 3. The molecule has 4 rings (SSSR count). The highest BCUT2D eigenvalue weighted by molar-refractivity contribution is 7.15. The molecule has 0 radical (unpaired) electrons. The lowest BCUT2D eigenvalue weighted by molar-refractivity contribution is -0.384. The van der Waals surface area contributed by atoms with E-state index in [-0.39, 0.29) is 5.69 Å². The predicted octanol–water partition coefficient (Wildman–Crippen LogP) is 3.76. The van der Waals surface area contributed by atoms with E-state index >= 15 is 0 Å². The van der Waals surface area contributed by atoms with Gasteiger partial charge in [0, 0.05) is 60.5 Å². The van der Waals surface area contributed by atoms with E-state index in [4.69, 9.17) is 4.98 Å². The third-order valence-corrected chi connectivity index (χ3v) is 6.20. The molecule has 0 atom stereocenters. The number of nitro benzene ring substituents is 1. The zero-order valence-corrected chi connectivity index (χ0v) is 17.4. The summed E-state index contributed by atoms with van der Waals surface area (Å²) in [4.78, 5) is 30.2. The van der Waals surface area contributed by atoms with Crippen LogP contribution in [0.5, 0.6) is 0 Å². The number of piperazine rings is 1. The van der Waals surface area contributed by atoms with Gasteiger partial charge >= 0.3 is 0 Å². The van der Waals surface area contributed by atoms with Crippen molar-refractivity contribution in [3.05, 3.63) is 56.7 Å². The summed E-state index contributed by atoms with van der Waals surface area (Å²) in [6.45, 7) is 9.59. The van der Waals surface area contributed by atoms with E-state index in [1.165, 1.54) is 17.0 Å². The maximum absolute atomic E-state index is 10.9. The minimum Gasteiger partial charge on any atom is -0.353 e. The smallest absolute Gasteiger partial charge is 0.269 e. The summed E-state index contributed by atoms with van der Waals surface area (Å²) in [5.41, 5.74) is 2.81. The quantitative estimate of drug-likeness (QED) is 0.478. The van der Waals surface area contributed by atoms with Gasteiger partial charge in [0.25, 0.3) is 5.69 Å². The standard InChI is InChI=1S/C20H22N6O2S/c1-13-12-18(23-19(21-13)16-4-6-17(7-5-16)26(27)28)24-8-10-25(11-9-24)20-22-14(2)15(3)29-20/h4-7,12H,8-11H2,1-3H3. The summed E-state index contributed by atoms with van der Waals surface area (Å²) in [7, 11) is 0. The number of anilines is 2. The van der Waals surface area contributed by atoms with Gasteiger partial charge in [-0.1, -0.05) is 0 Å². The van der Waals surface area contributed by atoms with E-state index < -0.39 is 4.92 Å². The Labute approximate surface area is 173 Å². The molecule has 0 saturated carbocycles. The molecular formula is C20H22N6O2S. The van der Waals surface area contributed by atoms with Crippen LogP contribution in [0.1, 0.15) is 16.3 Å². The molecule has 0 aliphatic carbocycles. The lowest BCUT2D eigenvalue weighted by Crippen LogP contribution is -2.46. The van der Waals surface area contributed by atoms with Crippen molar-refractivity contribution >= 4 is 28.0 Å². The molecule has 1 aliphatic heterocycles. The van der Waals surface area contributed by atoms with E-state index in [0.29, 0.717) is 5.82 Å². The molecule has 2 aromatic heterocycles. The molecule has 1 aromatic carbocycles. The first kappa shape index (κ1) is 19.3. The fourth-order valence-electron chi connectivity index (χ4n) is 3.29. The summed E-state index contributed by atoms with van der Waals surface area (Å²) in [6.07, 6.45) is 0. The molecule has 0 bridgehead atoms. The molecule has 3 aromatic rings. The summed E-state index contributed by atoms with van der Waals surface area (Å²) >= 11 is 1.75. The predicted molar refractivity (Wildman–Crippen MR) is 115 cm³/mol. The Morgan fingerprint density at radius 1 is 0.966 bits per heavy atom. The molecule has 9 heteroatoms. The van der Waals surface area contributed by atoms with E-state index in [1.54, 1.807) is 23.5 Å². The molecule has 1 fully saturated rings. The van der Waals surface area contributed by atoms with Crippen molar-refractivity contribution in [2.75, 3.05) is 36.0 Å². The van der Waals surface area contributed by atoms with Crippen LogP contribution < -0.4 is 9.80 Å². The molecule has 29 heavy (non-hydrogen) atoms. The van der Waals surface area contributed by atoms with Gasteiger partial charge in [-0.05, 0) is 32.9 Å². The molecule has 1 saturated heterocycles. The average Bonchev–Trinajstić information content (AvgIpc) is 3.06. The molecule has 1 aliphatic rings. The number of nitro groups is 1. The van der Waals surface area contributed by atoms with E-state index in [0.717, 1.165) is 54.1 Å². The van der Waals surface area contributed by atoms with Crippen LogP contribution in [0.4, 0.5) is 16.6 Å². The minimum absolute atomic E-state index is 0.0606. The number of thiazole rings is 1. The number of aromatic nitrogens is 3. The Hall–Kier alpha value is -3.07. The van der Waals surface area contributed by atoms with Gasteiger partial charge in [0.2, 0.25) is 0 Å². The van der Waals surface area contributed by atoms with Crippen molar-refractivity contribution in [1.29, 1.82) is 0 Å². The van der Waals surface area contributed by atoms with E-state index in [1.807, 2.05) is 13.0 Å². The number of nitrogens with zero attached hydrogens (tertiary/aromatic N) is 6. The van der Waals surface area contributed by atoms with Crippen LogP contribution in [0.15, 0.2) is 30.3 Å². The van der Waals surface area contributed by atoms with Crippen LogP contribution in [0.3, 0.4) is 0 Å². The number of rotatable bonds is 4. The first-order chi connectivity index (χ1) is 13.9. The lowest BCUT2D eigenvalue weighted by Gasteiger charge is -2.35. The zero-order valence-electron chi connectivity index (χ0n) is 16.6. The zero-order chi connectivity index (χ0) is 20.5. The number of hydrogen-bond donors (Lipinski definition) is 0. The van der Waals surface area contributed by atoms with Crippen molar-refractivity contribution < 1.29 is 4.92 Å². The largest absolute Gasteiger partial charge is 0.353 e. The second-order valence-electron chi connectivity index (χ2n) is 7.11. The van der Waals surface area contributed by atoms with Crippen LogP contribution in [-0.2, 0) is 0 Å². The second-order valence-corrected chi connectivity index (χ2v) is 8.29. The summed E-state index contributed by atoms with van der Waals surface area (Å²) in [6, 6.07) is 8.35. The maximum atomic E-state index is 10.9. The highest BCUT2D eigenvalue weighted by atomic mass is 32.1. The fraction of sp³-hybridized carbons (Fsp3) is 0.350.